The van der Waals surface area contributed by atoms with E-state index in [9.17, 15) is 0 Å². The predicted octanol–water partition coefficient (Wildman–Crippen LogP) is -0.416. The van der Waals surface area contributed by atoms with Gasteiger partial charge in [0.15, 0.2) is 5.82 Å². The summed E-state index contributed by atoms with van der Waals surface area (Å²) in [6.07, 6.45) is 2.53. The lowest BCUT2D eigenvalue weighted by molar-refractivity contribution is 0.621. The molecule has 2 aromatic heterocycles. The minimum atomic E-state index is 0.712. The van der Waals surface area contributed by atoms with E-state index < -0.39 is 0 Å². The molecule has 0 spiro atoms. The van der Waals surface area contributed by atoms with Gasteiger partial charge in [-0.25, -0.2) is 4.98 Å². The third-order valence-electron chi connectivity index (χ3n) is 2.64. The molecule has 7 nitrogen and oxygen atoms in total. The van der Waals surface area contributed by atoms with Crippen molar-refractivity contribution in [2.24, 2.45) is 14.1 Å². The van der Waals surface area contributed by atoms with Crippen molar-refractivity contribution in [2.75, 3.05) is 6.54 Å². The van der Waals surface area contributed by atoms with Gasteiger partial charge in [-0.3, -0.25) is 4.68 Å². The van der Waals surface area contributed by atoms with Gasteiger partial charge < -0.3 is 9.88 Å². The van der Waals surface area contributed by atoms with Crippen molar-refractivity contribution in [3.63, 3.8) is 0 Å². The predicted molar refractivity (Wildman–Crippen MR) is 62.2 cm³/mol. The van der Waals surface area contributed by atoms with Gasteiger partial charge in [0.05, 0.1) is 6.54 Å². The zero-order valence-electron chi connectivity index (χ0n) is 10.4. The molecular weight excluding hydrogens is 218 g/mol. The van der Waals surface area contributed by atoms with Crippen molar-refractivity contribution < 1.29 is 0 Å². The van der Waals surface area contributed by atoms with Gasteiger partial charge in [0.2, 0.25) is 0 Å². The third-order valence-corrected chi connectivity index (χ3v) is 2.64. The van der Waals surface area contributed by atoms with Crippen LogP contribution >= 0.6 is 0 Å². The van der Waals surface area contributed by atoms with Gasteiger partial charge in [-0.1, -0.05) is 0 Å². The Kier molecular flexibility index (Phi) is 3.48. The fourth-order valence-corrected chi connectivity index (χ4v) is 1.50. The van der Waals surface area contributed by atoms with Crippen LogP contribution in [0.3, 0.4) is 0 Å². The molecule has 0 bridgehead atoms. The molecule has 0 aliphatic heterocycles. The van der Waals surface area contributed by atoms with Crippen molar-refractivity contribution in [2.45, 2.75) is 19.9 Å². The average molecular weight is 235 g/mol. The summed E-state index contributed by atoms with van der Waals surface area (Å²) < 4.78 is 3.69. The lowest BCUT2D eigenvalue weighted by Gasteiger charge is -2.03. The highest BCUT2D eigenvalue weighted by Crippen LogP contribution is 1.96. The maximum Gasteiger partial charge on any atom is 0.151 e. The van der Waals surface area contributed by atoms with Gasteiger partial charge in [0.1, 0.15) is 18.0 Å². The second-order valence-electron chi connectivity index (χ2n) is 3.98. The van der Waals surface area contributed by atoms with Crippen molar-refractivity contribution >= 4 is 0 Å². The molecule has 0 aliphatic carbocycles. The molecule has 7 heteroatoms. The maximum atomic E-state index is 4.21. The Morgan fingerprint density at radius 2 is 2.12 bits per heavy atom. The van der Waals surface area contributed by atoms with Gasteiger partial charge in [0, 0.05) is 27.1 Å². The van der Waals surface area contributed by atoms with E-state index in [1.165, 1.54) is 0 Å². The summed E-state index contributed by atoms with van der Waals surface area (Å²) in [7, 11) is 3.83. The largest absolute Gasteiger partial charge is 0.317 e. The number of nitrogens with one attached hydrogen (secondary N) is 1. The second-order valence-corrected chi connectivity index (χ2v) is 3.98. The number of hydrogen-bond acceptors (Lipinski definition) is 5. The van der Waals surface area contributed by atoms with Gasteiger partial charge in [0.25, 0.3) is 0 Å². The van der Waals surface area contributed by atoms with Crippen molar-refractivity contribution in [1.29, 1.82) is 0 Å². The molecule has 0 saturated carbocycles. The summed E-state index contributed by atoms with van der Waals surface area (Å²) in [4.78, 5) is 4.16. The molecule has 0 amide bonds. The molecule has 2 heterocycles. The van der Waals surface area contributed by atoms with E-state index >= 15 is 0 Å². The molecule has 1 N–H and O–H groups in total. The summed E-state index contributed by atoms with van der Waals surface area (Å²) >= 11 is 0. The standard InChI is InChI=1S/C10H17N7/c1-8-13-14-10(17(8)3)6-11-5-4-9-12-7-16(2)15-9/h7,11H,4-6H2,1-3H3. The zero-order chi connectivity index (χ0) is 12.3. The van der Waals surface area contributed by atoms with Crippen LogP contribution < -0.4 is 5.32 Å². The van der Waals surface area contributed by atoms with Gasteiger partial charge in [-0.05, 0) is 6.92 Å². The van der Waals surface area contributed by atoms with Crippen LogP contribution in [0.5, 0.6) is 0 Å². The molecule has 0 radical (unpaired) electrons. The normalized spacial score (nSPS) is 11.0. The first-order chi connectivity index (χ1) is 8.16. The van der Waals surface area contributed by atoms with Crippen LogP contribution in [0.2, 0.25) is 0 Å². The molecule has 0 aliphatic rings. The van der Waals surface area contributed by atoms with E-state index in [1.54, 1.807) is 11.0 Å². The molecule has 0 fully saturated rings. The van der Waals surface area contributed by atoms with Crippen LogP contribution in [0, 0.1) is 6.92 Å². The number of hydrogen-bond donors (Lipinski definition) is 1. The Bertz CT molecular complexity index is 485. The molecular formula is C10H17N7. The Labute approximate surface area is 99.9 Å². The van der Waals surface area contributed by atoms with E-state index in [0.29, 0.717) is 6.54 Å². The minimum absolute atomic E-state index is 0.712. The maximum absolute atomic E-state index is 4.21. The number of nitrogens with zero attached hydrogens (tertiary/aromatic N) is 6. The zero-order valence-corrected chi connectivity index (χ0v) is 10.4. The molecule has 0 saturated heterocycles. The fourth-order valence-electron chi connectivity index (χ4n) is 1.50. The fraction of sp³-hybridized carbons (Fsp3) is 0.600. The van der Waals surface area contributed by atoms with Crippen LogP contribution in [-0.2, 0) is 27.1 Å². The first kappa shape index (κ1) is 11.7. The second kappa shape index (κ2) is 5.05. The van der Waals surface area contributed by atoms with E-state index in [4.69, 9.17) is 0 Å². The summed E-state index contributed by atoms with van der Waals surface area (Å²) in [5.41, 5.74) is 0. The Balaban J connectivity index is 1.75. The van der Waals surface area contributed by atoms with E-state index in [-0.39, 0.29) is 0 Å². The highest BCUT2D eigenvalue weighted by molar-refractivity contribution is 4.92. The van der Waals surface area contributed by atoms with Crippen LogP contribution in [0.1, 0.15) is 17.5 Å². The van der Waals surface area contributed by atoms with E-state index in [0.717, 1.165) is 30.4 Å². The molecule has 2 rings (SSSR count). The van der Waals surface area contributed by atoms with Gasteiger partial charge in [-0.2, -0.15) is 5.10 Å². The minimum Gasteiger partial charge on any atom is -0.317 e. The molecule has 17 heavy (non-hydrogen) atoms. The van der Waals surface area contributed by atoms with Crippen molar-refractivity contribution in [3.05, 3.63) is 23.8 Å². The van der Waals surface area contributed by atoms with E-state index in [1.807, 2.05) is 25.6 Å². The number of rotatable bonds is 5. The van der Waals surface area contributed by atoms with E-state index in [2.05, 4.69) is 25.6 Å². The molecule has 0 unspecified atom stereocenters. The quantitative estimate of drug-likeness (QED) is 0.713. The molecule has 0 atom stereocenters. The van der Waals surface area contributed by atoms with Crippen LogP contribution in [0.15, 0.2) is 6.33 Å². The van der Waals surface area contributed by atoms with Crippen LogP contribution in [0.25, 0.3) is 0 Å². The molecule has 0 aromatic carbocycles. The monoisotopic (exact) mass is 235 g/mol. The lowest BCUT2D eigenvalue weighted by Crippen LogP contribution is -2.19. The van der Waals surface area contributed by atoms with Crippen molar-refractivity contribution in [3.8, 4) is 0 Å². The Morgan fingerprint density at radius 1 is 1.29 bits per heavy atom. The number of aryl methyl sites for hydroxylation is 2. The molecule has 92 valence electrons. The third kappa shape index (κ3) is 2.88. The highest BCUT2D eigenvalue weighted by Gasteiger charge is 2.04. The van der Waals surface area contributed by atoms with Crippen LogP contribution in [-0.4, -0.2) is 36.1 Å². The number of aromatic nitrogens is 6. The first-order valence-corrected chi connectivity index (χ1v) is 5.57. The van der Waals surface area contributed by atoms with Gasteiger partial charge in [-0.15, -0.1) is 10.2 Å². The summed E-state index contributed by atoms with van der Waals surface area (Å²) in [6, 6.07) is 0. The Morgan fingerprint density at radius 3 is 2.71 bits per heavy atom. The average Bonchev–Trinajstić information content (AvgIpc) is 2.84. The first-order valence-electron chi connectivity index (χ1n) is 5.57. The van der Waals surface area contributed by atoms with Gasteiger partial charge >= 0.3 is 0 Å². The SMILES string of the molecule is Cc1nnc(CNCCc2ncn(C)n2)n1C. The van der Waals surface area contributed by atoms with Crippen LogP contribution in [0.4, 0.5) is 0 Å². The summed E-state index contributed by atoms with van der Waals surface area (Å²) in [5.74, 6) is 2.72. The topological polar surface area (TPSA) is 73.5 Å². The highest BCUT2D eigenvalue weighted by atomic mass is 15.3. The van der Waals surface area contributed by atoms with Crippen molar-refractivity contribution in [1.82, 2.24) is 34.8 Å². The smallest absolute Gasteiger partial charge is 0.151 e. The summed E-state index contributed by atoms with van der Waals surface area (Å²) in [5, 5.41) is 15.6. The lowest BCUT2D eigenvalue weighted by atomic mass is 10.4. The molecule has 2 aromatic rings. The summed E-state index contributed by atoms with van der Waals surface area (Å²) in [6.45, 7) is 3.48. The Hall–Kier alpha value is -1.76.